The summed E-state index contributed by atoms with van der Waals surface area (Å²) in [5.41, 5.74) is 7.07. The quantitative estimate of drug-likeness (QED) is 0.675. The number of aromatic nitrogens is 2. The van der Waals surface area contributed by atoms with Crippen molar-refractivity contribution in [1.82, 2.24) is 14.9 Å². The number of rotatable bonds is 5. The van der Waals surface area contributed by atoms with Gasteiger partial charge in [-0.05, 0) is 24.3 Å². The molecule has 1 fully saturated rings. The molecule has 0 bridgehead atoms. The van der Waals surface area contributed by atoms with E-state index in [1.165, 1.54) is 11.1 Å². The van der Waals surface area contributed by atoms with Crippen LogP contribution in [0.4, 0.5) is 26.2 Å². The second-order valence-electron chi connectivity index (χ2n) is 5.59. The third-order valence-electron chi connectivity index (χ3n) is 3.54. The van der Waals surface area contributed by atoms with Gasteiger partial charge < -0.3 is 16.5 Å². The lowest BCUT2D eigenvalue weighted by atomic mass is 10.0. The minimum absolute atomic E-state index is 0.134. The van der Waals surface area contributed by atoms with E-state index in [9.17, 15) is 8.78 Å². The summed E-state index contributed by atoms with van der Waals surface area (Å²) in [4.78, 5) is 9.43. The Morgan fingerprint density at radius 2 is 2.12 bits per heavy atom. The average molecular weight is 397 g/mol. The highest BCUT2D eigenvalue weighted by atomic mass is 79.9. The van der Waals surface area contributed by atoms with Crippen LogP contribution in [0.25, 0.3) is 0 Å². The summed E-state index contributed by atoms with van der Waals surface area (Å²) < 4.78 is 26.7. The number of anilines is 3. The van der Waals surface area contributed by atoms with Crippen LogP contribution in [0.1, 0.15) is 5.56 Å². The van der Waals surface area contributed by atoms with Gasteiger partial charge >= 0.3 is 0 Å². The molecular weight excluding hydrogens is 382 g/mol. The summed E-state index contributed by atoms with van der Waals surface area (Å²) in [6, 6.07) is 7.01. The molecule has 1 aromatic heterocycles. The Hall–Kier alpha value is -2.13. The molecule has 0 saturated carbocycles. The number of nitrogens with zero attached hydrogens (tertiary/aromatic N) is 3. The lowest BCUT2D eigenvalue weighted by Gasteiger charge is -2.38. The van der Waals surface area contributed by atoms with Crippen molar-refractivity contribution in [1.29, 1.82) is 5.41 Å². The topological polar surface area (TPSA) is 90.9 Å². The Labute approximate surface area is 145 Å². The summed E-state index contributed by atoms with van der Waals surface area (Å²) in [6.45, 7) is -0.452. The number of nitrogen functional groups attached to an aromatic ring is 1. The van der Waals surface area contributed by atoms with Crippen molar-refractivity contribution in [3.05, 3.63) is 40.5 Å². The molecule has 1 aromatic carbocycles. The Morgan fingerprint density at radius 1 is 1.38 bits per heavy atom. The highest BCUT2D eigenvalue weighted by molar-refractivity contribution is 9.10. The maximum atomic E-state index is 12.9. The molecule has 126 valence electrons. The molecule has 0 spiro atoms. The lowest BCUT2D eigenvalue weighted by Crippen LogP contribution is -2.57. The van der Waals surface area contributed by atoms with Crippen LogP contribution in [-0.2, 0) is 0 Å². The van der Waals surface area contributed by atoms with E-state index in [2.05, 4.69) is 31.2 Å². The minimum Gasteiger partial charge on any atom is -0.368 e. The molecule has 2 heterocycles. The molecule has 9 heteroatoms. The second kappa shape index (κ2) is 6.40. The first-order valence-corrected chi connectivity index (χ1v) is 7.95. The molecular formula is C15H15BrF2N6. The van der Waals surface area contributed by atoms with Crippen LogP contribution in [0.2, 0.25) is 0 Å². The summed E-state index contributed by atoms with van der Waals surface area (Å²) in [5, 5.41) is 11.3. The molecule has 0 radical (unpaired) electrons. The molecule has 0 atom stereocenters. The Morgan fingerprint density at radius 3 is 2.79 bits per heavy atom. The standard InChI is InChI=1S/C15H15BrF2N6/c16-9-1-2-10(11(19)6-24-7-15(17,18)8-24)12(5-9)22-13-3-4-21-14(20)23-13/h1-5,19H,6-8H2,(H3,20,21,22,23). The monoisotopic (exact) mass is 396 g/mol. The second-order valence-corrected chi connectivity index (χ2v) is 6.51. The van der Waals surface area contributed by atoms with Crippen molar-refractivity contribution in [2.24, 2.45) is 0 Å². The molecule has 1 saturated heterocycles. The Balaban J connectivity index is 1.79. The molecule has 1 aliphatic heterocycles. The average Bonchev–Trinajstić information content (AvgIpc) is 2.45. The summed E-state index contributed by atoms with van der Waals surface area (Å²) in [7, 11) is 0. The van der Waals surface area contributed by atoms with Crippen molar-refractivity contribution in [3.63, 3.8) is 0 Å². The molecule has 6 nitrogen and oxygen atoms in total. The van der Waals surface area contributed by atoms with Gasteiger partial charge in [-0.2, -0.15) is 4.98 Å². The predicted octanol–water partition coefficient (Wildman–Crippen LogP) is 2.88. The van der Waals surface area contributed by atoms with Gasteiger partial charge in [-0.3, -0.25) is 4.90 Å². The van der Waals surface area contributed by atoms with Crippen molar-refractivity contribution in [2.75, 3.05) is 30.7 Å². The van der Waals surface area contributed by atoms with Crippen LogP contribution in [0, 0.1) is 5.41 Å². The largest absolute Gasteiger partial charge is 0.368 e. The highest BCUT2D eigenvalue weighted by Gasteiger charge is 2.43. The van der Waals surface area contributed by atoms with Crippen LogP contribution in [0.15, 0.2) is 34.9 Å². The zero-order valence-corrected chi connectivity index (χ0v) is 14.1. The number of benzene rings is 1. The van der Waals surface area contributed by atoms with Crippen molar-refractivity contribution < 1.29 is 8.78 Å². The molecule has 1 aliphatic rings. The van der Waals surface area contributed by atoms with Crippen LogP contribution < -0.4 is 11.1 Å². The van der Waals surface area contributed by atoms with Gasteiger partial charge in [0.25, 0.3) is 5.92 Å². The van der Waals surface area contributed by atoms with E-state index >= 15 is 0 Å². The van der Waals surface area contributed by atoms with E-state index in [0.29, 0.717) is 17.1 Å². The van der Waals surface area contributed by atoms with Crippen LogP contribution in [0.3, 0.4) is 0 Å². The van der Waals surface area contributed by atoms with E-state index in [1.54, 1.807) is 24.3 Å². The Bertz CT molecular complexity index is 774. The molecule has 3 rings (SSSR count). The first kappa shape index (κ1) is 16.7. The smallest absolute Gasteiger partial charge is 0.272 e. The van der Waals surface area contributed by atoms with E-state index in [4.69, 9.17) is 11.1 Å². The van der Waals surface area contributed by atoms with Crippen molar-refractivity contribution in [3.8, 4) is 0 Å². The van der Waals surface area contributed by atoms with Gasteiger partial charge in [0.15, 0.2) is 0 Å². The first-order valence-electron chi connectivity index (χ1n) is 7.15. The zero-order chi connectivity index (χ0) is 17.3. The zero-order valence-electron chi connectivity index (χ0n) is 12.6. The minimum atomic E-state index is -2.64. The molecule has 24 heavy (non-hydrogen) atoms. The molecule has 2 aromatic rings. The van der Waals surface area contributed by atoms with Crippen molar-refractivity contribution in [2.45, 2.75) is 5.92 Å². The third-order valence-corrected chi connectivity index (χ3v) is 4.03. The van der Waals surface area contributed by atoms with Gasteiger partial charge in [-0.15, -0.1) is 0 Å². The van der Waals surface area contributed by atoms with Gasteiger partial charge in [0.2, 0.25) is 5.95 Å². The number of halogens is 3. The van der Waals surface area contributed by atoms with E-state index in [1.807, 2.05) is 0 Å². The number of nitrogens with two attached hydrogens (primary N) is 1. The maximum absolute atomic E-state index is 12.9. The number of likely N-dealkylation sites (tertiary alicyclic amines) is 1. The lowest BCUT2D eigenvalue weighted by molar-refractivity contribution is -0.124. The fourth-order valence-electron chi connectivity index (χ4n) is 2.49. The van der Waals surface area contributed by atoms with Crippen molar-refractivity contribution >= 4 is 39.1 Å². The SMILES string of the molecule is N=C(CN1CC(F)(F)C1)c1ccc(Br)cc1Nc1ccnc(N)n1. The third kappa shape index (κ3) is 3.85. The van der Waals surface area contributed by atoms with Gasteiger partial charge in [-0.1, -0.05) is 15.9 Å². The van der Waals surface area contributed by atoms with Gasteiger partial charge in [-0.25, -0.2) is 13.8 Å². The van der Waals surface area contributed by atoms with Gasteiger partial charge in [0, 0.05) is 28.5 Å². The van der Waals surface area contributed by atoms with E-state index in [0.717, 1.165) is 4.47 Å². The maximum Gasteiger partial charge on any atom is 0.272 e. The molecule has 0 aliphatic carbocycles. The van der Waals surface area contributed by atoms with Gasteiger partial charge in [0.1, 0.15) is 5.82 Å². The normalized spacial score (nSPS) is 16.5. The van der Waals surface area contributed by atoms with Crippen LogP contribution in [0.5, 0.6) is 0 Å². The number of hydrogen-bond acceptors (Lipinski definition) is 6. The van der Waals surface area contributed by atoms with Crippen LogP contribution >= 0.6 is 15.9 Å². The predicted molar refractivity (Wildman–Crippen MR) is 92.1 cm³/mol. The first-order chi connectivity index (χ1) is 11.3. The fourth-order valence-corrected chi connectivity index (χ4v) is 2.85. The summed E-state index contributed by atoms with van der Waals surface area (Å²) in [5.74, 6) is -2.01. The van der Waals surface area contributed by atoms with Gasteiger partial charge in [0.05, 0.1) is 18.8 Å². The van der Waals surface area contributed by atoms with Crippen LogP contribution in [-0.4, -0.2) is 46.1 Å². The molecule has 0 amide bonds. The summed E-state index contributed by atoms with van der Waals surface area (Å²) >= 11 is 3.39. The number of alkyl halides is 2. The number of hydrogen-bond donors (Lipinski definition) is 3. The molecule has 4 N–H and O–H groups in total. The van der Waals surface area contributed by atoms with E-state index < -0.39 is 5.92 Å². The fraction of sp³-hybridized carbons (Fsp3) is 0.267. The van der Waals surface area contributed by atoms with E-state index in [-0.39, 0.29) is 31.3 Å². The summed E-state index contributed by atoms with van der Waals surface area (Å²) in [6.07, 6.45) is 1.52. The number of nitrogens with one attached hydrogen (secondary N) is 2. The molecule has 0 unspecified atom stereocenters. The highest BCUT2D eigenvalue weighted by Crippen LogP contribution is 2.29. The Kier molecular flexibility index (Phi) is 4.46.